The molecule has 0 fully saturated rings. The van der Waals surface area contributed by atoms with Crippen molar-refractivity contribution in [2.24, 2.45) is 10.9 Å². The van der Waals surface area contributed by atoms with Gasteiger partial charge in [0.15, 0.2) is 0 Å². The monoisotopic (exact) mass is 159 g/mol. The number of carboxylic acid groups (broad SMARTS) is 1. The van der Waals surface area contributed by atoms with Crippen LogP contribution in [0.15, 0.2) is 4.99 Å². The smallest absolute Gasteiger partial charge is 0.309 e. The van der Waals surface area contributed by atoms with Gasteiger partial charge in [-0.25, -0.2) is 0 Å². The van der Waals surface area contributed by atoms with Crippen LogP contribution < -0.4 is 0 Å². The molecule has 0 aliphatic carbocycles. The van der Waals surface area contributed by atoms with Gasteiger partial charge in [-0.15, -0.1) is 11.8 Å². The van der Waals surface area contributed by atoms with Crippen molar-refractivity contribution in [1.82, 2.24) is 0 Å². The molecule has 1 atom stereocenters. The first kappa shape index (κ1) is 7.60. The van der Waals surface area contributed by atoms with Gasteiger partial charge in [0.1, 0.15) is 0 Å². The molecule has 1 aliphatic rings. The number of nitrogens with zero attached hydrogens (tertiary/aromatic N) is 1. The lowest BCUT2D eigenvalue weighted by Crippen LogP contribution is -2.23. The molecular formula is C6H9NO2S. The Morgan fingerprint density at radius 2 is 2.60 bits per heavy atom. The van der Waals surface area contributed by atoms with Gasteiger partial charge in [-0.3, -0.25) is 9.79 Å². The minimum Gasteiger partial charge on any atom is -0.481 e. The summed E-state index contributed by atoms with van der Waals surface area (Å²) in [7, 11) is 0. The number of hydrogen-bond donors (Lipinski definition) is 1. The first-order chi connectivity index (χ1) is 4.70. The molecule has 1 aliphatic heterocycles. The van der Waals surface area contributed by atoms with E-state index in [0.29, 0.717) is 12.3 Å². The molecule has 0 aromatic carbocycles. The van der Waals surface area contributed by atoms with Crippen molar-refractivity contribution in [3.63, 3.8) is 0 Å². The van der Waals surface area contributed by atoms with E-state index < -0.39 is 5.97 Å². The maximum absolute atomic E-state index is 10.4. The molecule has 0 unspecified atom stereocenters. The Bertz CT molecular complexity index is 179. The average molecular weight is 159 g/mol. The molecule has 0 aromatic heterocycles. The van der Waals surface area contributed by atoms with Crippen LogP contribution in [0, 0.1) is 5.92 Å². The molecule has 56 valence electrons. The molecule has 0 radical (unpaired) electrons. The number of carbonyl (C=O) groups is 1. The highest BCUT2D eigenvalue weighted by atomic mass is 32.2. The Morgan fingerprint density at radius 1 is 1.90 bits per heavy atom. The summed E-state index contributed by atoms with van der Waals surface area (Å²) >= 11 is 1.52. The van der Waals surface area contributed by atoms with Gasteiger partial charge in [-0.2, -0.15) is 0 Å². The number of carboxylic acids is 1. The molecule has 0 spiro atoms. The van der Waals surface area contributed by atoms with Crippen molar-refractivity contribution in [2.75, 3.05) is 12.3 Å². The maximum atomic E-state index is 10.4. The third kappa shape index (κ3) is 1.73. The number of thioether (sulfide) groups is 1. The molecule has 0 amide bonds. The van der Waals surface area contributed by atoms with Gasteiger partial charge in [0.2, 0.25) is 0 Å². The third-order valence-corrected chi connectivity index (χ3v) is 2.49. The Labute approximate surface area is 63.5 Å². The standard InChI is InChI=1S/C6H9NO2S/c1-4-7-2-5(3-10-4)6(8)9/h5H,2-3H2,1H3,(H,8,9)/t5-/m1/s1. The van der Waals surface area contributed by atoms with Gasteiger partial charge in [0.25, 0.3) is 0 Å². The highest BCUT2D eigenvalue weighted by Crippen LogP contribution is 2.16. The van der Waals surface area contributed by atoms with Gasteiger partial charge in [-0.1, -0.05) is 0 Å². The van der Waals surface area contributed by atoms with Crippen molar-refractivity contribution < 1.29 is 9.90 Å². The predicted octanol–water partition coefficient (Wildman–Crippen LogP) is 0.852. The Balaban J connectivity index is 2.50. The fourth-order valence-electron chi connectivity index (χ4n) is 0.708. The van der Waals surface area contributed by atoms with E-state index in [1.165, 1.54) is 11.8 Å². The molecule has 0 bridgehead atoms. The molecule has 0 saturated carbocycles. The molecule has 3 nitrogen and oxygen atoms in total. The zero-order chi connectivity index (χ0) is 7.56. The zero-order valence-corrected chi connectivity index (χ0v) is 6.52. The molecular weight excluding hydrogens is 150 g/mol. The molecule has 4 heteroatoms. The Hall–Kier alpha value is -0.510. The first-order valence-corrected chi connectivity index (χ1v) is 4.05. The zero-order valence-electron chi connectivity index (χ0n) is 5.70. The van der Waals surface area contributed by atoms with E-state index in [1.807, 2.05) is 6.92 Å². The van der Waals surface area contributed by atoms with Crippen molar-refractivity contribution >= 4 is 22.8 Å². The number of hydrogen-bond acceptors (Lipinski definition) is 3. The van der Waals surface area contributed by atoms with Crippen LogP contribution in [0.3, 0.4) is 0 Å². The van der Waals surface area contributed by atoms with Gasteiger partial charge in [0.05, 0.1) is 17.5 Å². The van der Waals surface area contributed by atoms with E-state index in [2.05, 4.69) is 4.99 Å². The van der Waals surface area contributed by atoms with E-state index >= 15 is 0 Å². The second kappa shape index (κ2) is 3.05. The van der Waals surface area contributed by atoms with Crippen molar-refractivity contribution in [3.8, 4) is 0 Å². The number of aliphatic imine (C=N–C) groups is 1. The fraction of sp³-hybridized carbons (Fsp3) is 0.667. The normalized spacial score (nSPS) is 25.7. The van der Waals surface area contributed by atoms with Crippen LogP contribution in [-0.2, 0) is 4.79 Å². The van der Waals surface area contributed by atoms with Crippen LogP contribution in [0.4, 0.5) is 0 Å². The molecule has 0 saturated heterocycles. The molecule has 1 rings (SSSR count). The van der Waals surface area contributed by atoms with Crippen LogP contribution in [0.5, 0.6) is 0 Å². The minimum absolute atomic E-state index is 0.270. The van der Waals surface area contributed by atoms with E-state index in [1.54, 1.807) is 0 Å². The largest absolute Gasteiger partial charge is 0.481 e. The highest BCUT2D eigenvalue weighted by Gasteiger charge is 2.20. The minimum atomic E-state index is -0.733. The summed E-state index contributed by atoms with van der Waals surface area (Å²) in [6.07, 6.45) is 0. The van der Waals surface area contributed by atoms with Gasteiger partial charge in [-0.05, 0) is 6.92 Å². The van der Waals surface area contributed by atoms with Crippen molar-refractivity contribution in [2.45, 2.75) is 6.92 Å². The SMILES string of the molecule is CC1=NC[C@@H](C(=O)O)CS1. The summed E-state index contributed by atoms with van der Waals surface area (Å²) in [6, 6.07) is 0. The van der Waals surface area contributed by atoms with E-state index in [9.17, 15) is 4.79 Å². The second-order valence-corrected chi connectivity index (χ2v) is 3.42. The van der Waals surface area contributed by atoms with Crippen molar-refractivity contribution in [1.29, 1.82) is 0 Å². The number of aliphatic carboxylic acids is 1. The lowest BCUT2D eigenvalue weighted by Gasteiger charge is -2.14. The summed E-state index contributed by atoms with van der Waals surface area (Å²) in [4.78, 5) is 14.4. The molecule has 1 N–H and O–H groups in total. The third-order valence-electron chi connectivity index (χ3n) is 1.38. The first-order valence-electron chi connectivity index (χ1n) is 3.07. The summed E-state index contributed by atoms with van der Waals surface area (Å²) < 4.78 is 0. The van der Waals surface area contributed by atoms with Crippen molar-refractivity contribution in [3.05, 3.63) is 0 Å². The summed E-state index contributed by atoms with van der Waals surface area (Å²) in [6.45, 7) is 2.36. The maximum Gasteiger partial charge on any atom is 0.309 e. The van der Waals surface area contributed by atoms with Crippen LogP contribution in [0.25, 0.3) is 0 Å². The summed E-state index contributed by atoms with van der Waals surface area (Å²) in [5.74, 6) is -0.331. The molecule has 10 heavy (non-hydrogen) atoms. The van der Waals surface area contributed by atoms with Gasteiger partial charge in [0, 0.05) is 5.75 Å². The van der Waals surface area contributed by atoms with Gasteiger partial charge >= 0.3 is 5.97 Å². The fourth-order valence-corrected chi connectivity index (χ4v) is 1.56. The lowest BCUT2D eigenvalue weighted by molar-refractivity contribution is -0.140. The van der Waals surface area contributed by atoms with Crippen LogP contribution in [0.1, 0.15) is 6.92 Å². The molecule has 0 aromatic rings. The number of rotatable bonds is 1. The van der Waals surface area contributed by atoms with Gasteiger partial charge < -0.3 is 5.11 Å². The van der Waals surface area contributed by atoms with Crippen LogP contribution >= 0.6 is 11.8 Å². The quantitative estimate of drug-likeness (QED) is 0.617. The summed E-state index contributed by atoms with van der Waals surface area (Å²) in [5, 5.41) is 9.54. The summed E-state index contributed by atoms with van der Waals surface area (Å²) in [5.41, 5.74) is 0. The van der Waals surface area contributed by atoms with Crippen LogP contribution in [0.2, 0.25) is 0 Å². The Morgan fingerprint density at radius 3 is 3.00 bits per heavy atom. The van der Waals surface area contributed by atoms with E-state index in [0.717, 1.165) is 5.04 Å². The highest BCUT2D eigenvalue weighted by molar-refractivity contribution is 8.13. The average Bonchev–Trinajstić information content (AvgIpc) is 1.88. The predicted molar refractivity (Wildman–Crippen MR) is 41.6 cm³/mol. The van der Waals surface area contributed by atoms with Crippen LogP contribution in [-0.4, -0.2) is 28.4 Å². The lowest BCUT2D eigenvalue weighted by atomic mass is 10.2. The molecule has 1 heterocycles. The Kier molecular flexibility index (Phi) is 2.32. The second-order valence-electron chi connectivity index (χ2n) is 2.21. The van der Waals surface area contributed by atoms with E-state index in [4.69, 9.17) is 5.11 Å². The topological polar surface area (TPSA) is 49.7 Å². The van der Waals surface area contributed by atoms with E-state index in [-0.39, 0.29) is 5.92 Å².